The molecule has 0 aromatic heterocycles. The lowest BCUT2D eigenvalue weighted by Gasteiger charge is -2.29. The van der Waals surface area contributed by atoms with Gasteiger partial charge in [-0.3, -0.25) is 0 Å². The zero-order chi connectivity index (χ0) is 16.9. The third-order valence-electron chi connectivity index (χ3n) is 3.70. The number of carbonyl (C=O) groups is 1. The Hall–Kier alpha value is -1.95. The van der Waals surface area contributed by atoms with Gasteiger partial charge in [0.2, 0.25) is 0 Å². The van der Waals surface area contributed by atoms with Crippen molar-refractivity contribution in [1.29, 1.82) is 0 Å². The Morgan fingerprint density at radius 1 is 1.08 bits per heavy atom. The van der Waals surface area contributed by atoms with Gasteiger partial charge in [-0.25, -0.2) is 4.79 Å². The number of esters is 1. The molecule has 1 aliphatic heterocycles. The molecule has 0 bridgehead atoms. The van der Waals surface area contributed by atoms with Crippen LogP contribution in [0.3, 0.4) is 0 Å². The van der Waals surface area contributed by atoms with Crippen molar-refractivity contribution >= 4 is 34.8 Å². The van der Waals surface area contributed by atoms with Gasteiger partial charge in [0.25, 0.3) is 0 Å². The first kappa shape index (κ1) is 16.9. The maximum absolute atomic E-state index is 12.1. The molecule has 3 rings (SSSR count). The van der Waals surface area contributed by atoms with Gasteiger partial charge < -0.3 is 14.4 Å². The number of thiocarbonyl (C=S) groups is 1. The van der Waals surface area contributed by atoms with E-state index in [-0.39, 0.29) is 0 Å². The molecule has 4 nitrogen and oxygen atoms in total. The summed E-state index contributed by atoms with van der Waals surface area (Å²) in [6.07, 6.45) is 0. The predicted molar refractivity (Wildman–Crippen MR) is 96.9 cm³/mol. The molecular weight excluding hydrogens is 346 g/mol. The quantitative estimate of drug-likeness (QED) is 0.475. The van der Waals surface area contributed by atoms with Crippen molar-refractivity contribution < 1.29 is 14.3 Å². The van der Waals surface area contributed by atoms with Crippen LogP contribution in [0.5, 0.6) is 5.75 Å². The Labute approximate surface area is 150 Å². The van der Waals surface area contributed by atoms with Crippen LogP contribution in [-0.2, 0) is 4.74 Å². The fourth-order valence-corrected chi connectivity index (χ4v) is 2.93. The molecule has 1 heterocycles. The average Bonchev–Trinajstić information content (AvgIpc) is 2.63. The van der Waals surface area contributed by atoms with Gasteiger partial charge in [0.05, 0.1) is 23.8 Å². The highest BCUT2D eigenvalue weighted by molar-refractivity contribution is 7.80. The summed E-state index contributed by atoms with van der Waals surface area (Å²) in [6, 6.07) is 14.0. The minimum atomic E-state index is -0.482. The third-order valence-corrected chi connectivity index (χ3v) is 4.53. The maximum Gasteiger partial charge on any atom is 0.345 e. The molecule has 1 fully saturated rings. The molecule has 1 aliphatic rings. The van der Waals surface area contributed by atoms with Gasteiger partial charge in [0.1, 0.15) is 10.7 Å². The Morgan fingerprint density at radius 2 is 1.75 bits per heavy atom. The van der Waals surface area contributed by atoms with Crippen molar-refractivity contribution in [2.75, 3.05) is 26.3 Å². The van der Waals surface area contributed by atoms with E-state index in [4.69, 9.17) is 33.3 Å². The van der Waals surface area contributed by atoms with E-state index in [2.05, 4.69) is 4.90 Å². The fourth-order valence-electron chi connectivity index (χ4n) is 2.40. The number of halogens is 1. The molecule has 0 unspecified atom stereocenters. The summed E-state index contributed by atoms with van der Waals surface area (Å²) in [5.74, 6) is -0.0300. The molecule has 0 spiro atoms. The summed E-state index contributed by atoms with van der Waals surface area (Å²) in [5.41, 5.74) is 1.26. The van der Waals surface area contributed by atoms with Gasteiger partial charge in [0.15, 0.2) is 0 Å². The number of nitrogens with zero attached hydrogens (tertiary/aromatic N) is 1. The summed E-state index contributed by atoms with van der Waals surface area (Å²) < 4.78 is 10.7. The highest BCUT2D eigenvalue weighted by Gasteiger charge is 2.16. The summed E-state index contributed by atoms with van der Waals surface area (Å²) in [6.45, 7) is 2.96. The number of rotatable bonds is 3. The zero-order valence-electron chi connectivity index (χ0n) is 12.9. The SMILES string of the molecule is O=C(Oc1ccc(C(=S)N2CCOCC2)cc1)c1ccccc1Cl. The lowest BCUT2D eigenvalue weighted by atomic mass is 10.2. The molecule has 124 valence electrons. The highest BCUT2D eigenvalue weighted by atomic mass is 35.5. The van der Waals surface area contributed by atoms with E-state index in [0.717, 1.165) is 23.6 Å². The van der Waals surface area contributed by atoms with Gasteiger partial charge in [-0.15, -0.1) is 0 Å². The largest absolute Gasteiger partial charge is 0.423 e. The summed E-state index contributed by atoms with van der Waals surface area (Å²) >= 11 is 11.5. The number of morpholine rings is 1. The van der Waals surface area contributed by atoms with Crippen LogP contribution in [0.2, 0.25) is 5.02 Å². The lowest BCUT2D eigenvalue weighted by Crippen LogP contribution is -2.40. The molecular formula is C18H16ClNO3S. The van der Waals surface area contributed by atoms with Crippen molar-refractivity contribution in [2.24, 2.45) is 0 Å². The fraction of sp³-hybridized carbons (Fsp3) is 0.222. The Balaban J connectivity index is 1.67. The van der Waals surface area contributed by atoms with E-state index in [1.54, 1.807) is 36.4 Å². The van der Waals surface area contributed by atoms with E-state index >= 15 is 0 Å². The summed E-state index contributed by atoms with van der Waals surface area (Å²) in [7, 11) is 0. The van der Waals surface area contributed by atoms with Crippen LogP contribution < -0.4 is 4.74 Å². The molecule has 2 aromatic rings. The average molecular weight is 362 g/mol. The van der Waals surface area contributed by atoms with Crippen LogP contribution in [0.15, 0.2) is 48.5 Å². The van der Waals surface area contributed by atoms with Crippen LogP contribution >= 0.6 is 23.8 Å². The van der Waals surface area contributed by atoms with E-state index < -0.39 is 5.97 Å². The van der Waals surface area contributed by atoms with Crippen LogP contribution in [0.25, 0.3) is 0 Å². The maximum atomic E-state index is 12.1. The Morgan fingerprint density at radius 3 is 2.42 bits per heavy atom. The van der Waals surface area contributed by atoms with Crippen molar-refractivity contribution in [3.05, 3.63) is 64.7 Å². The topological polar surface area (TPSA) is 38.8 Å². The predicted octanol–water partition coefficient (Wildman–Crippen LogP) is 3.57. The van der Waals surface area contributed by atoms with Gasteiger partial charge in [0, 0.05) is 18.7 Å². The monoisotopic (exact) mass is 361 g/mol. The normalized spacial score (nSPS) is 14.3. The van der Waals surface area contributed by atoms with E-state index in [9.17, 15) is 4.79 Å². The second-order valence-corrected chi connectivity index (χ2v) is 6.09. The lowest BCUT2D eigenvalue weighted by molar-refractivity contribution is 0.0692. The Bertz CT molecular complexity index is 742. The van der Waals surface area contributed by atoms with Crippen LogP contribution in [0.4, 0.5) is 0 Å². The minimum Gasteiger partial charge on any atom is -0.423 e. The van der Waals surface area contributed by atoms with Gasteiger partial charge in [-0.1, -0.05) is 36.0 Å². The van der Waals surface area contributed by atoms with E-state index in [0.29, 0.717) is 29.5 Å². The van der Waals surface area contributed by atoms with Crippen LogP contribution in [0.1, 0.15) is 15.9 Å². The second kappa shape index (κ2) is 7.75. The molecule has 1 saturated heterocycles. The third kappa shape index (κ3) is 3.93. The molecule has 24 heavy (non-hydrogen) atoms. The molecule has 0 aliphatic carbocycles. The molecule has 6 heteroatoms. The van der Waals surface area contributed by atoms with E-state index in [1.807, 2.05) is 12.1 Å². The highest BCUT2D eigenvalue weighted by Crippen LogP contribution is 2.20. The smallest absolute Gasteiger partial charge is 0.345 e. The van der Waals surface area contributed by atoms with Gasteiger partial charge >= 0.3 is 5.97 Å². The molecule has 0 saturated carbocycles. The van der Waals surface area contributed by atoms with Crippen molar-refractivity contribution in [2.45, 2.75) is 0 Å². The Kier molecular flexibility index (Phi) is 5.45. The molecule has 2 aromatic carbocycles. The number of hydrogen-bond donors (Lipinski definition) is 0. The van der Waals surface area contributed by atoms with Crippen molar-refractivity contribution in [3.63, 3.8) is 0 Å². The molecule has 0 N–H and O–H groups in total. The molecule has 0 radical (unpaired) electrons. The van der Waals surface area contributed by atoms with Crippen molar-refractivity contribution in [3.8, 4) is 5.75 Å². The number of carbonyl (C=O) groups excluding carboxylic acids is 1. The van der Waals surface area contributed by atoms with Crippen molar-refractivity contribution in [1.82, 2.24) is 4.90 Å². The molecule has 0 atom stereocenters. The first-order chi connectivity index (χ1) is 11.6. The van der Waals surface area contributed by atoms with Crippen LogP contribution in [0, 0.1) is 0 Å². The van der Waals surface area contributed by atoms with E-state index in [1.165, 1.54) is 0 Å². The van der Waals surface area contributed by atoms with Gasteiger partial charge in [-0.2, -0.15) is 0 Å². The molecule has 0 amide bonds. The standard InChI is InChI=1S/C18H16ClNO3S/c19-16-4-2-1-3-15(16)18(21)23-14-7-5-13(6-8-14)17(24)20-9-11-22-12-10-20/h1-8H,9-12H2. The van der Waals surface area contributed by atoms with Crippen LogP contribution in [-0.4, -0.2) is 42.2 Å². The number of hydrogen-bond acceptors (Lipinski definition) is 4. The number of benzene rings is 2. The first-order valence-electron chi connectivity index (χ1n) is 7.59. The zero-order valence-corrected chi connectivity index (χ0v) is 14.5. The first-order valence-corrected chi connectivity index (χ1v) is 8.37. The second-order valence-electron chi connectivity index (χ2n) is 5.30. The minimum absolute atomic E-state index is 0.340. The number of ether oxygens (including phenoxy) is 2. The summed E-state index contributed by atoms with van der Waals surface area (Å²) in [4.78, 5) is 15.0. The van der Waals surface area contributed by atoms with Gasteiger partial charge in [-0.05, 0) is 36.4 Å². The summed E-state index contributed by atoms with van der Waals surface area (Å²) in [5, 5.41) is 0.368.